The van der Waals surface area contributed by atoms with Crippen molar-refractivity contribution in [2.75, 3.05) is 14.2 Å². The van der Waals surface area contributed by atoms with Gasteiger partial charge in [0.05, 0.1) is 9.82 Å². The molecule has 1 N–H and O–H groups in total. The molecular weight excluding hydrogens is 405 g/mol. The van der Waals surface area contributed by atoms with Gasteiger partial charge in [-0.2, -0.15) is 4.72 Å². The van der Waals surface area contributed by atoms with Crippen LogP contribution < -0.4 is 4.72 Å². The molecule has 0 spiro atoms. The van der Waals surface area contributed by atoms with Gasteiger partial charge in [-0.3, -0.25) is 10.1 Å². The molecule has 8 nitrogen and oxygen atoms in total. The third-order valence-electron chi connectivity index (χ3n) is 3.78. The maximum atomic E-state index is 14.2. The van der Waals surface area contributed by atoms with Crippen LogP contribution in [0.1, 0.15) is 11.6 Å². The maximum Gasteiger partial charge on any atom is 0.269 e. The largest absolute Gasteiger partial charge is 0.354 e. The molecule has 1 atom stereocenters. The fourth-order valence-electron chi connectivity index (χ4n) is 2.40. The van der Waals surface area contributed by atoms with Gasteiger partial charge in [0.15, 0.2) is 23.7 Å². The lowest BCUT2D eigenvalue weighted by Crippen LogP contribution is -2.39. The van der Waals surface area contributed by atoms with Crippen LogP contribution >= 0.6 is 0 Å². The Morgan fingerprint density at radius 2 is 1.57 bits per heavy atom. The summed E-state index contributed by atoms with van der Waals surface area (Å²) in [5, 5.41) is 10.7. The number of rotatable bonds is 8. The monoisotopic (exact) mass is 420 g/mol. The van der Waals surface area contributed by atoms with Crippen LogP contribution in [0.4, 0.5) is 18.9 Å². The fourth-order valence-corrected chi connectivity index (χ4v) is 3.60. The third-order valence-corrected chi connectivity index (χ3v) is 5.23. The van der Waals surface area contributed by atoms with Crippen molar-refractivity contribution in [1.29, 1.82) is 0 Å². The summed E-state index contributed by atoms with van der Waals surface area (Å²) in [6.07, 6.45) is -1.40. The van der Waals surface area contributed by atoms with Crippen LogP contribution in [-0.2, 0) is 19.5 Å². The average Bonchev–Trinajstić information content (AvgIpc) is 2.66. The van der Waals surface area contributed by atoms with Crippen molar-refractivity contribution >= 4 is 15.7 Å². The van der Waals surface area contributed by atoms with Crippen LogP contribution in [-0.4, -0.2) is 33.9 Å². The highest BCUT2D eigenvalue weighted by atomic mass is 32.2. The van der Waals surface area contributed by atoms with E-state index in [1.165, 1.54) is 0 Å². The van der Waals surface area contributed by atoms with E-state index < -0.39 is 50.3 Å². The Kier molecular flexibility index (Phi) is 6.72. The number of ether oxygens (including phenoxy) is 2. The molecule has 0 fully saturated rings. The van der Waals surface area contributed by atoms with Crippen molar-refractivity contribution in [3.05, 3.63) is 69.5 Å². The third kappa shape index (κ3) is 4.47. The Hall–Kier alpha value is -2.54. The number of methoxy groups -OCH3 is 2. The minimum atomic E-state index is -4.37. The number of nitrogens with one attached hydrogen (secondary N) is 1. The predicted octanol–water partition coefficient (Wildman–Crippen LogP) is 2.65. The van der Waals surface area contributed by atoms with Gasteiger partial charge in [0, 0.05) is 31.9 Å². The van der Waals surface area contributed by atoms with Crippen LogP contribution in [0.2, 0.25) is 0 Å². The summed E-state index contributed by atoms with van der Waals surface area (Å²) in [7, 11) is -2.09. The minimum Gasteiger partial charge on any atom is -0.354 e. The Labute approximate surface area is 158 Å². The van der Waals surface area contributed by atoms with Gasteiger partial charge in [0.2, 0.25) is 10.0 Å². The number of non-ortho nitro benzene ring substituents is 1. The zero-order valence-electron chi connectivity index (χ0n) is 14.6. The van der Waals surface area contributed by atoms with Gasteiger partial charge in [-0.05, 0) is 18.2 Å². The molecule has 28 heavy (non-hydrogen) atoms. The lowest BCUT2D eigenvalue weighted by molar-refractivity contribution is -0.384. The topological polar surface area (TPSA) is 108 Å². The van der Waals surface area contributed by atoms with Gasteiger partial charge in [0.25, 0.3) is 5.69 Å². The van der Waals surface area contributed by atoms with Crippen LogP contribution in [0.25, 0.3) is 0 Å². The molecular formula is C16H15F3N2O6S. The van der Waals surface area contributed by atoms with E-state index in [0.29, 0.717) is 6.07 Å². The second kappa shape index (κ2) is 8.65. The van der Waals surface area contributed by atoms with E-state index in [4.69, 9.17) is 9.47 Å². The van der Waals surface area contributed by atoms with Crippen molar-refractivity contribution in [2.45, 2.75) is 17.2 Å². The average molecular weight is 420 g/mol. The molecule has 0 aliphatic carbocycles. The van der Waals surface area contributed by atoms with Crippen LogP contribution in [0.3, 0.4) is 0 Å². The number of hydrogen-bond donors (Lipinski definition) is 1. The highest BCUT2D eigenvalue weighted by molar-refractivity contribution is 7.89. The number of nitro benzene ring substituents is 1. The first-order chi connectivity index (χ1) is 13.1. The molecule has 152 valence electrons. The van der Waals surface area contributed by atoms with Crippen LogP contribution in [0.15, 0.2) is 41.3 Å². The van der Waals surface area contributed by atoms with E-state index in [-0.39, 0.29) is 10.6 Å². The smallest absolute Gasteiger partial charge is 0.269 e. The van der Waals surface area contributed by atoms with Crippen LogP contribution in [0, 0.1) is 27.6 Å². The van der Waals surface area contributed by atoms with Crippen molar-refractivity contribution in [2.24, 2.45) is 0 Å². The number of hydrogen-bond acceptors (Lipinski definition) is 6. The molecule has 0 amide bonds. The molecule has 0 aromatic heterocycles. The Morgan fingerprint density at radius 1 is 1.00 bits per heavy atom. The van der Waals surface area contributed by atoms with E-state index in [1.807, 2.05) is 0 Å². The molecule has 2 aromatic rings. The van der Waals surface area contributed by atoms with Crippen molar-refractivity contribution in [3.63, 3.8) is 0 Å². The van der Waals surface area contributed by atoms with Gasteiger partial charge in [-0.15, -0.1) is 0 Å². The first kappa shape index (κ1) is 21.8. The van der Waals surface area contributed by atoms with Crippen molar-refractivity contribution in [1.82, 2.24) is 4.72 Å². The van der Waals surface area contributed by atoms with E-state index in [2.05, 4.69) is 4.72 Å². The minimum absolute atomic E-state index is 0.339. The Morgan fingerprint density at radius 3 is 2.07 bits per heavy atom. The lowest BCUT2D eigenvalue weighted by Gasteiger charge is -2.26. The maximum absolute atomic E-state index is 14.2. The summed E-state index contributed by atoms with van der Waals surface area (Å²) in [6, 6.07) is 3.75. The Balaban J connectivity index is 2.48. The molecule has 0 saturated heterocycles. The molecule has 0 saturated carbocycles. The normalized spacial score (nSPS) is 12.9. The fraction of sp³-hybridized carbons (Fsp3) is 0.250. The number of benzene rings is 2. The standard InChI is InChI=1S/C16H15F3N2O6S/c1-26-16(27-2)15(11-7-8-12(17)14(19)13(11)18)20-28(24,25)10-5-3-9(4-6-10)21(22)23/h3-8,15-16,20H,1-2H3. The molecule has 2 aromatic carbocycles. The molecule has 2 rings (SSSR count). The van der Waals surface area contributed by atoms with Gasteiger partial charge >= 0.3 is 0 Å². The molecule has 1 unspecified atom stereocenters. The predicted molar refractivity (Wildman–Crippen MR) is 90.3 cm³/mol. The van der Waals surface area contributed by atoms with Gasteiger partial charge in [-0.1, -0.05) is 6.07 Å². The summed E-state index contributed by atoms with van der Waals surface area (Å²) in [6.45, 7) is 0. The van der Waals surface area contributed by atoms with E-state index in [0.717, 1.165) is 44.6 Å². The highest BCUT2D eigenvalue weighted by Crippen LogP contribution is 2.28. The lowest BCUT2D eigenvalue weighted by atomic mass is 10.1. The number of sulfonamides is 1. The van der Waals surface area contributed by atoms with E-state index in [1.54, 1.807) is 0 Å². The number of nitro groups is 1. The zero-order chi connectivity index (χ0) is 21.1. The van der Waals surface area contributed by atoms with Crippen LogP contribution in [0.5, 0.6) is 0 Å². The molecule has 12 heteroatoms. The van der Waals surface area contributed by atoms with Gasteiger partial charge < -0.3 is 9.47 Å². The molecule has 0 aliphatic heterocycles. The first-order valence-electron chi connectivity index (χ1n) is 7.58. The second-order valence-corrected chi connectivity index (χ2v) is 7.17. The molecule has 0 aliphatic rings. The van der Waals surface area contributed by atoms with Gasteiger partial charge in [0.1, 0.15) is 6.04 Å². The Bertz CT molecular complexity index is 965. The van der Waals surface area contributed by atoms with Crippen molar-refractivity contribution in [3.8, 4) is 0 Å². The number of halogens is 3. The molecule has 0 radical (unpaired) electrons. The first-order valence-corrected chi connectivity index (χ1v) is 9.06. The van der Waals surface area contributed by atoms with E-state index >= 15 is 0 Å². The summed E-state index contributed by atoms with van der Waals surface area (Å²) in [5.41, 5.74) is -0.896. The zero-order valence-corrected chi connectivity index (χ0v) is 15.4. The summed E-state index contributed by atoms with van der Waals surface area (Å²) in [5.74, 6) is -4.86. The highest BCUT2D eigenvalue weighted by Gasteiger charge is 2.32. The second-order valence-electron chi connectivity index (χ2n) is 5.45. The van der Waals surface area contributed by atoms with E-state index in [9.17, 15) is 31.7 Å². The number of nitrogens with zero attached hydrogens (tertiary/aromatic N) is 1. The molecule has 0 bridgehead atoms. The molecule has 0 heterocycles. The van der Waals surface area contributed by atoms with Gasteiger partial charge in [-0.25, -0.2) is 21.6 Å². The SMILES string of the molecule is COC(OC)C(NS(=O)(=O)c1ccc([N+](=O)[O-])cc1)c1ccc(F)c(F)c1F. The summed E-state index contributed by atoms with van der Waals surface area (Å²) < 4.78 is 78.3. The van der Waals surface area contributed by atoms with Crippen molar-refractivity contribution < 1.29 is 36.0 Å². The summed E-state index contributed by atoms with van der Waals surface area (Å²) >= 11 is 0. The quantitative estimate of drug-likeness (QED) is 0.305. The summed E-state index contributed by atoms with van der Waals surface area (Å²) in [4.78, 5) is 9.60.